The van der Waals surface area contributed by atoms with Crippen molar-refractivity contribution in [2.24, 2.45) is 28.6 Å². The molecule has 2 N–H and O–H groups in total. The number of ether oxygens (including phenoxy) is 1. The first kappa shape index (κ1) is 25.6. The van der Waals surface area contributed by atoms with Gasteiger partial charge in [-0.15, -0.1) is 0 Å². The smallest absolute Gasteiger partial charge is 0.335 e. The maximum atomic E-state index is 12.7. The Morgan fingerprint density at radius 3 is 2.59 bits per heavy atom. The highest BCUT2D eigenvalue weighted by Crippen LogP contribution is 2.71. The molecule has 5 fully saturated rings. The molecule has 1 aromatic rings. The third-order valence-electron chi connectivity index (χ3n) is 11.9. The highest BCUT2D eigenvalue weighted by Gasteiger charge is 2.70. The van der Waals surface area contributed by atoms with Crippen LogP contribution in [0.25, 0.3) is 0 Å². The molecule has 1 aromatic heterocycles. The molecule has 4 saturated carbocycles. The number of nitrogens with zero attached hydrogens (tertiary/aromatic N) is 1. The standard InChI is InChI=1S/C30H44N2O5/c1-19(33)37-25-17-30(35)24-6-5-21-16-22(32-14-12-31-13-15-32)8-10-28(21,2)23(24)9-11-29(30,3)27(25)20-4-7-26(34)36-18-20/h4,7,18,21-25,27,31,35H,5-6,8-17H2,1-3H3/t21-,22?,23+,24-,25+,27+,28+,29-,30+/m1/s1. The first-order valence-electron chi connectivity index (χ1n) is 14.6. The lowest BCUT2D eigenvalue weighted by Gasteiger charge is -2.64. The van der Waals surface area contributed by atoms with Crippen LogP contribution in [-0.4, -0.2) is 59.9 Å². The summed E-state index contributed by atoms with van der Waals surface area (Å²) in [5.74, 6) is 0.873. The van der Waals surface area contributed by atoms with E-state index >= 15 is 0 Å². The molecule has 0 amide bonds. The summed E-state index contributed by atoms with van der Waals surface area (Å²) in [6.07, 6.45) is 9.51. The van der Waals surface area contributed by atoms with Gasteiger partial charge in [-0.3, -0.25) is 9.69 Å². The molecule has 6 rings (SSSR count). The van der Waals surface area contributed by atoms with E-state index in [0.717, 1.165) is 51.0 Å². The number of carbonyl (C=O) groups excluding carboxylic acids is 1. The van der Waals surface area contributed by atoms with Crippen LogP contribution in [0.15, 0.2) is 27.6 Å². The molecule has 0 aromatic carbocycles. The molecule has 204 valence electrons. The van der Waals surface area contributed by atoms with Crippen molar-refractivity contribution in [3.05, 3.63) is 34.4 Å². The van der Waals surface area contributed by atoms with Gasteiger partial charge >= 0.3 is 11.6 Å². The van der Waals surface area contributed by atoms with E-state index < -0.39 is 22.7 Å². The molecule has 2 heterocycles. The van der Waals surface area contributed by atoms with E-state index in [1.165, 1.54) is 44.9 Å². The molecule has 1 unspecified atom stereocenters. The van der Waals surface area contributed by atoms with E-state index in [9.17, 15) is 14.7 Å². The van der Waals surface area contributed by atoms with Gasteiger partial charge in [-0.1, -0.05) is 13.8 Å². The van der Waals surface area contributed by atoms with Gasteiger partial charge in [-0.25, -0.2) is 4.79 Å². The number of fused-ring (bicyclic) bond motifs is 5. The Bertz CT molecular complexity index is 1060. The number of aliphatic hydroxyl groups is 1. The van der Waals surface area contributed by atoms with Crippen molar-refractivity contribution >= 4 is 5.97 Å². The van der Waals surface area contributed by atoms with Crippen molar-refractivity contribution in [3.8, 4) is 0 Å². The molecular weight excluding hydrogens is 468 g/mol. The predicted octanol–water partition coefficient (Wildman–Crippen LogP) is 3.70. The van der Waals surface area contributed by atoms with Crippen molar-refractivity contribution < 1.29 is 19.1 Å². The fraction of sp³-hybridized carbons (Fsp3) is 0.800. The molecule has 7 nitrogen and oxygen atoms in total. The van der Waals surface area contributed by atoms with E-state index in [1.807, 2.05) is 0 Å². The van der Waals surface area contributed by atoms with Gasteiger partial charge in [0, 0.05) is 63.0 Å². The quantitative estimate of drug-likeness (QED) is 0.597. The Hall–Kier alpha value is -1.70. The van der Waals surface area contributed by atoms with Gasteiger partial charge in [0.1, 0.15) is 6.10 Å². The van der Waals surface area contributed by atoms with E-state index in [0.29, 0.717) is 24.3 Å². The SMILES string of the molecule is CC(=O)O[C@H]1C[C@]2(O)[C@@H]3CC[C@@H]4CC(N5CCNCC5)CC[C@]4(C)[C@H]3CC[C@]2(C)[C@H]1c1ccc(=O)oc1. The average molecular weight is 513 g/mol. The van der Waals surface area contributed by atoms with Gasteiger partial charge in [0.15, 0.2) is 0 Å². The fourth-order valence-corrected chi connectivity index (χ4v) is 10.0. The van der Waals surface area contributed by atoms with E-state index in [2.05, 4.69) is 24.1 Å². The second-order valence-electron chi connectivity index (χ2n) is 13.3. The summed E-state index contributed by atoms with van der Waals surface area (Å²) >= 11 is 0. The summed E-state index contributed by atoms with van der Waals surface area (Å²) in [5.41, 5.74) is -0.661. The summed E-state index contributed by atoms with van der Waals surface area (Å²) in [4.78, 5) is 26.6. The van der Waals surface area contributed by atoms with Crippen LogP contribution >= 0.6 is 0 Å². The van der Waals surface area contributed by atoms with Crippen LogP contribution in [0, 0.1) is 28.6 Å². The molecule has 1 aliphatic heterocycles. The molecule has 0 radical (unpaired) electrons. The van der Waals surface area contributed by atoms with Crippen molar-refractivity contribution in [1.82, 2.24) is 10.2 Å². The molecule has 37 heavy (non-hydrogen) atoms. The number of piperazine rings is 1. The van der Waals surface area contributed by atoms with Crippen molar-refractivity contribution in [1.29, 1.82) is 0 Å². The Kier molecular flexibility index (Phi) is 6.36. The molecule has 9 atom stereocenters. The minimum Gasteiger partial charge on any atom is -0.462 e. The number of hydrogen-bond donors (Lipinski definition) is 2. The van der Waals surface area contributed by atoms with E-state index in [1.54, 1.807) is 6.07 Å². The summed E-state index contributed by atoms with van der Waals surface area (Å²) in [6, 6.07) is 3.94. The predicted molar refractivity (Wildman–Crippen MR) is 140 cm³/mol. The topological polar surface area (TPSA) is 92.0 Å². The van der Waals surface area contributed by atoms with Crippen molar-refractivity contribution in [3.63, 3.8) is 0 Å². The largest absolute Gasteiger partial charge is 0.462 e. The lowest BCUT2D eigenvalue weighted by Crippen LogP contribution is -2.62. The third-order valence-corrected chi connectivity index (χ3v) is 11.9. The lowest BCUT2D eigenvalue weighted by molar-refractivity contribution is -0.204. The fourth-order valence-electron chi connectivity index (χ4n) is 10.0. The number of rotatable bonds is 3. The van der Waals surface area contributed by atoms with Gasteiger partial charge in [0.25, 0.3) is 0 Å². The van der Waals surface area contributed by atoms with Crippen LogP contribution in [0.1, 0.15) is 83.6 Å². The van der Waals surface area contributed by atoms with Gasteiger partial charge in [-0.05, 0) is 79.7 Å². The zero-order valence-corrected chi connectivity index (χ0v) is 22.7. The first-order chi connectivity index (χ1) is 17.7. The summed E-state index contributed by atoms with van der Waals surface area (Å²) in [6.45, 7) is 10.7. The lowest BCUT2D eigenvalue weighted by atomic mass is 9.43. The van der Waals surface area contributed by atoms with E-state index in [4.69, 9.17) is 9.15 Å². The molecular formula is C30H44N2O5. The van der Waals surface area contributed by atoms with Crippen LogP contribution in [-0.2, 0) is 9.53 Å². The summed E-state index contributed by atoms with van der Waals surface area (Å²) in [5, 5.41) is 16.2. The minimum absolute atomic E-state index is 0.194. The Morgan fingerprint density at radius 1 is 1.11 bits per heavy atom. The normalized spacial score (nSPS) is 45.9. The molecule has 1 saturated heterocycles. The maximum Gasteiger partial charge on any atom is 0.335 e. The van der Waals surface area contributed by atoms with Gasteiger partial charge in [-0.2, -0.15) is 0 Å². The minimum atomic E-state index is -0.916. The molecule has 4 aliphatic carbocycles. The number of hydrogen-bond acceptors (Lipinski definition) is 7. The zero-order chi connectivity index (χ0) is 26.0. The monoisotopic (exact) mass is 512 g/mol. The molecule has 0 spiro atoms. The molecule has 7 heteroatoms. The van der Waals surface area contributed by atoms with E-state index in [-0.39, 0.29) is 23.2 Å². The van der Waals surface area contributed by atoms with Gasteiger partial charge < -0.3 is 19.6 Å². The highest BCUT2D eigenvalue weighted by molar-refractivity contribution is 5.66. The van der Waals surface area contributed by atoms with Gasteiger partial charge in [0.2, 0.25) is 0 Å². The highest BCUT2D eigenvalue weighted by atomic mass is 16.5. The Labute approximate surface area is 220 Å². The zero-order valence-electron chi connectivity index (χ0n) is 22.7. The van der Waals surface area contributed by atoms with Crippen LogP contribution < -0.4 is 10.9 Å². The van der Waals surface area contributed by atoms with Crippen molar-refractivity contribution in [2.75, 3.05) is 26.2 Å². The second kappa shape index (κ2) is 9.20. The third kappa shape index (κ3) is 3.94. The Morgan fingerprint density at radius 2 is 1.89 bits per heavy atom. The first-order valence-corrected chi connectivity index (χ1v) is 14.6. The number of esters is 1. The van der Waals surface area contributed by atoms with Gasteiger partial charge in [0.05, 0.1) is 11.9 Å². The van der Waals surface area contributed by atoms with Crippen LogP contribution in [0.5, 0.6) is 0 Å². The van der Waals surface area contributed by atoms with Crippen molar-refractivity contribution in [2.45, 2.75) is 95.8 Å². The number of carbonyl (C=O) groups is 1. The maximum absolute atomic E-state index is 12.7. The summed E-state index contributed by atoms with van der Waals surface area (Å²) < 4.78 is 11.1. The van der Waals surface area contributed by atoms with Crippen LogP contribution in [0.2, 0.25) is 0 Å². The molecule has 5 aliphatic rings. The molecule has 0 bridgehead atoms. The van der Waals surface area contributed by atoms with Crippen LogP contribution in [0.3, 0.4) is 0 Å². The number of nitrogens with one attached hydrogen (secondary N) is 1. The summed E-state index contributed by atoms with van der Waals surface area (Å²) in [7, 11) is 0. The Balaban J connectivity index is 1.29. The van der Waals surface area contributed by atoms with Crippen LogP contribution in [0.4, 0.5) is 0 Å². The average Bonchev–Trinajstić information content (AvgIpc) is 3.10. The second-order valence-corrected chi connectivity index (χ2v) is 13.3.